The summed E-state index contributed by atoms with van der Waals surface area (Å²) in [6, 6.07) is 13.6. The van der Waals surface area contributed by atoms with E-state index >= 15 is 0 Å². The predicted molar refractivity (Wildman–Crippen MR) is 141 cm³/mol. The third-order valence-corrected chi connectivity index (χ3v) is 7.56. The van der Waals surface area contributed by atoms with Gasteiger partial charge in [-0.05, 0) is 63.4 Å². The number of aryl methyl sites for hydroxylation is 1. The maximum Gasteiger partial charge on any atom is 0.244 e. The number of carbonyl (C=O) groups is 2. The highest BCUT2D eigenvalue weighted by molar-refractivity contribution is 7.92. The van der Waals surface area contributed by atoms with Crippen molar-refractivity contribution in [3.8, 4) is 5.75 Å². The van der Waals surface area contributed by atoms with Gasteiger partial charge in [0.15, 0.2) is 0 Å². The zero-order valence-electron chi connectivity index (χ0n) is 21.6. The first kappa shape index (κ1) is 27.5. The van der Waals surface area contributed by atoms with Crippen LogP contribution in [0.25, 0.3) is 0 Å². The highest BCUT2D eigenvalue weighted by Crippen LogP contribution is 2.23. The van der Waals surface area contributed by atoms with Crippen LogP contribution in [0.5, 0.6) is 5.75 Å². The summed E-state index contributed by atoms with van der Waals surface area (Å²) < 4.78 is 31.9. The van der Waals surface area contributed by atoms with Crippen LogP contribution < -0.4 is 14.4 Å². The van der Waals surface area contributed by atoms with Crippen molar-refractivity contribution in [3.63, 3.8) is 0 Å². The van der Waals surface area contributed by atoms with Crippen LogP contribution in [0.1, 0.15) is 50.7 Å². The number of rotatable bonds is 11. The van der Waals surface area contributed by atoms with Crippen molar-refractivity contribution in [1.29, 1.82) is 0 Å². The Morgan fingerprint density at radius 2 is 1.78 bits per heavy atom. The molecule has 3 rings (SSSR count). The SMILES string of the molecule is CCOc1ccc(N(CC(=O)N(Cc2cccc(C)c2)[C@@H](C)C(=O)NC2CCCC2)S(C)(=O)=O)cc1. The van der Waals surface area contributed by atoms with Gasteiger partial charge in [-0.15, -0.1) is 0 Å². The number of hydrogen-bond acceptors (Lipinski definition) is 5. The fourth-order valence-corrected chi connectivity index (χ4v) is 5.32. The van der Waals surface area contributed by atoms with E-state index in [0.29, 0.717) is 18.0 Å². The number of sulfonamides is 1. The van der Waals surface area contributed by atoms with Gasteiger partial charge in [0, 0.05) is 12.6 Å². The van der Waals surface area contributed by atoms with Gasteiger partial charge in [-0.25, -0.2) is 8.42 Å². The first-order chi connectivity index (χ1) is 17.1. The molecule has 196 valence electrons. The van der Waals surface area contributed by atoms with Gasteiger partial charge in [-0.2, -0.15) is 0 Å². The molecule has 36 heavy (non-hydrogen) atoms. The molecule has 1 fully saturated rings. The smallest absolute Gasteiger partial charge is 0.244 e. The Kier molecular flexibility index (Phi) is 9.37. The zero-order valence-corrected chi connectivity index (χ0v) is 22.4. The number of benzene rings is 2. The highest BCUT2D eigenvalue weighted by Gasteiger charge is 2.31. The summed E-state index contributed by atoms with van der Waals surface area (Å²) >= 11 is 0. The topological polar surface area (TPSA) is 96.0 Å². The van der Waals surface area contributed by atoms with Crippen LogP contribution in [-0.4, -0.2) is 56.6 Å². The van der Waals surface area contributed by atoms with Gasteiger partial charge in [-0.3, -0.25) is 13.9 Å². The predicted octanol–water partition coefficient (Wildman–Crippen LogP) is 3.64. The minimum Gasteiger partial charge on any atom is -0.494 e. The highest BCUT2D eigenvalue weighted by atomic mass is 32.2. The molecule has 0 unspecified atom stereocenters. The number of nitrogens with zero attached hydrogens (tertiary/aromatic N) is 2. The van der Waals surface area contributed by atoms with Gasteiger partial charge < -0.3 is 15.0 Å². The second-order valence-electron chi connectivity index (χ2n) is 9.37. The zero-order chi connectivity index (χ0) is 26.3. The number of carbonyl (C=O) groups excluding carboxylic acids is 2. The molecule has 1 saturated carbocycles. The molecule has 1 N–H and O–H groups in total. The number of amides is 2. The summed E-state index contributed by atoms with van der Waals surface area (Å²) in [5.74, 6) is -0.0703. The van der Waals surface area contributed by atoms with E-state index < -0.39 is 28.5 Å². The normalized spacial score (nSPS) is 14.8. The third kappa shape index (κ3) is 7.46. The van der Waals surface area contributed by atoms with Crippen molar-refractivity contribution in [2.75, 3.05) is 23.7 Å². The summed E-state index contributed by atoms with van der Waals surface area (Å²) in [5, 5.41) is 3.07. The van der Waals surface area contributed by atoms with Crippen molar-refractivity contribution in [3.05, 3.63) is 59.7 Å². The van der Waals surface area contributed by atoms with E-state index in [-0.39, 0.29) is 18.5 Å². The van der Waals surface area contributed by atoms with Crippen LogP contribution in [0.3, 0.4) is 0 Å². The van der Waals surface area contributed by atoms with Crippen molar-refractivity contribution in [2.45, 2.75) is 65.1 Å². The maximum absolute atomic E-state index is 13.6. The van der Waals surface area contributed by atoms with E-state index in [0.717, 1.165) is 47.4 Å². The molecule has 1 aliphatic carbocycles. The maximum atomic E-state index is 13.6. The molecule has 0 saturated heterocycles. The van der Waals surface area contributed by atoms with Crippen molar-refractivity contribution < 1.29 is 22.7 Å². The molecule has 0 heterocycles. The summed E-state index contributed by atoms with van der Waals surface area (Å²) in [6.45, 7) is 5.79. The molecule has 0 radical (unpaired) electrons. The Bertz CT molecular complexity index is 1140. The summed E-state index contributed by atoms with van der Waals surface area (Å²) in [7, 11) is -3.77. The average molecular weight is 516 g/mol. The van der Waals surface area contributed by atoms with Crippen LogP contribution in [0.2, 0.25) is 0 Å². The molecular formula is C27H37N3O5S. The molecule has 0 aliphatic heterocycles. The lowest BCUT2D eigenvalue weighted by molar-refractivity contribution is -0.139. The lowest BCUT2D eigenvalue weighted by atomic mass is 10.1. The fourth-order valence-electron chi connectivity index (χ4n) is 4.47. The van der Waals surface area contributed by atoms with Crippen LogP contribution in [-0.2, 0) is 26.2 Å². The quantitative estimate of drug-likeness (QED) is 0.493. The van der Waals surface area contributed by atoms with Gasteiger partial charge in [0.05, 0.1) is 18.6 Å². The number of hydrogen-bond donors (Lipinski definition) is 1. The van der Waals surface area contributed by atoms with E-state index in [1.54, 1.807) is 31.2 Å². The largest absolute Gasteiger partial charge is 0.494 e. The van der Waals surface area contributed by atoms with Gasteiger partial charge in [0.25, 0.3) is 0 Å². The molecular weight excluding hydrogens is 478 g/mol. The molecule has 2 aromatic carbocycles. The molecule has 2 aromatic rings. The minimum atomic E-state index is -3.77. The van der Waals surface area contributed by atoms with Crippen molar-refractivity contribution in [2.24, 2.45) is 0 Å². The number of anilines is 1. The molecule has 8 nitrogen and oxygen atoms in total. The van der Waals surface area contributed by atoms with E-state index in [1.165, 1.54) is 4.90 Å². The lowest BCUT2D eigenvalue weighted by Gasteiger charge is -2.32. The third-order valence-electron chi connectivity index (χ3n) is 6.42. The Labute approximate surface area is 214 Å². The number of nitrogens with one attached hydrogen (secondary N) is 1. The minimum absolute atomic E-state index is 0.118. The first-order valence-corrected chi connectivity index (χ1v) is 14.3. The van der Waals surface area contributed by atoms with Crippen molar-refractivity contribution in [1.82, 2.24) is 10.2 Å². The second-order valence-corrected chi connectivity index (χ2v) is 11.3. The Morgan fingerprint density at radius 1 is 1.11 bits per heavy atom. The van der Waals surface area contributed by atoms with Crippen molar-refractivity contribution >= 4 is 27.5 Å². The summed E-state index contributed by atoms with van der Waals surface area (Å²) in [4.78, 5) is 28.2. The summed E-state index contributed by atoms with van der Waals surface area (Å²) in [5.41, 5.74) is 2.26. The van der Waals surface area contributed by atoms with Crippen LogP contribution >= 0.6 is 0 Å². The summed E-state index contributed by atoms with van der Waals surface area (Å²) in [6.07, 6.45) is 5.10. The number of ether oxygens (including phenoxy) is 1. The first-order valence-electron chi connectivity index (χ1n) is 12.4. The Morgan fingerprint density at radius 3 is 2.36 bits per heavy atom. The van der Waals surface area contributed by atoms with E-state index in [2.05, 4.69) is 5.32 Å². The van der Waals surface area contributed by atoms with Gasteiger partial charge in [0.2, 0.25) is 21.8 Å². The van der Waals surface area contributed by atoms with Gasteiger partial charge in [0.1, 0.15) is 18.3 Å². The second kappa shape index (κ2) is 12.3. The monoisotopic (exact) mass is 515 g/mol. The molecule has 0 spiro atoms. The average Bonchev–Trinajstić information content (AvgIpc) is 3.33. The standard InChI is InChI=1S/C27H37N3O5S/c1-5-35-25-15-13-24(14-16-25)30(36(4,33)34)19-26(31)29(18-22-10-8-9-20(2)17-22)21(3)27(32)28-23-11-6-7-12-23/h8-10,13-17,21,23H,5-7,11-12,18-19H2,1-4H3,(H,28,32)/t21-/m0/s1. The van der Waals surface area contributed by atoms with Crippen LogP contribution in [0.4, 0.5) is 5.69 Å². The van der Waals surface area contributed by atoms with Gasteiger partial charge >= 0.3 is 0 Å². The van der Waals surface area contributed by atoms with Gasteiger partial charge in [-0.1, -0.05) is 42.7 Å². The Hall–Kier alpha value is -3.07. The van der Waals surface area contributed by atoms with Crippen LogP contribution in [0, 0.1) is 6.92 Å². The van der Waals surface area contributed by atoms with E-state index in [9.17, 15) is 18.0 Å². The van der Waals surface area contributed by atoms with E-state index in [1.807, 2.05) is 38.1 Å². The lowest BCUT2D eigenvalue weighted by Crippen LogP contribution is -2.52. The van der Waals surface area contributed by atoms with Crippen LogP contribution in [0.15, 0.2) is 48.5 Å². The molecule has 1 atom stereocenters. The molecule has 9 heteroatoms. The molecule has 0 aromatic heterocycles. The fraction of sp³-hybridized carbons (Fsp3) is 0.481. The molecule has 2 amide bonds. The van der Waals surface area contributed by atoms with E-state index in [4.69, 9.17) is 4.74 Å². The molecule has 1 aliphatic rings. The molecule has 0 bridgehead atoms. The Balaban J connectivity index is 1.86.